The van der Waals surface area contributed by atoms with Gasteiger partial charge in [0.2, 0.25) is 0 Å². The van der Waals surface area contributed by atoms with Crippen LogP contribution < -0.4 is 0 Å². The molecule has 4 nitrogen and oxygen atoms in total. The molecule has 1 heterocycles. The lowest BCUT2D eigenvalue weighted by atomic mass is 9.96. The number of nitriles is 1. The first-order chi connectivity index (χ1) is 8.15. The molecule has 0 radical (unpaired) electrons. The third-order valence-corrected chi connectivity index (χ3v) is 2.77. The lowest BCUT2D eigenvalue weighted by Gasteiger charge is -2.04. The van der Waals surface area contributed by atoms with Gasteiger partial charge in [0.15, 0.2) is 5.78 Å². The molecule has 0 aliphatic carbocycles. The Bertz CT molecular complexity index is 607. The van der Waals surface area contributed by atoms with Crippen LogP contribution in [0.2, 0.25) is 0 Å². The van der Waals surface area contributed by atoms with E-state index < -0.39 is 5.92 Å². The summed E-state index contributed by atoms with van der Waals surface area (Å²) in [5.74, 6) is 0.137. The minimum atomic E-state index is -0.559. The van der Waals surface area contributed by atoms with Crippen LogP contribution in [-0.2, 0) is 0 Å². The van der Waals surface area contributed by atoms with Gasteiger partial charge in [0, 0.05) is 5.56 Å². The SMILES string of the molecule is CCC(C#N)C(=O)c1ccc2nc(C)[nH]c2c1. The molecule has 0 bridgehead atoms. The highest BCUT2D eigenvalue weighted by Crippen LogP contribution is 2.17. The number of carbonyl (C=O) groups excluding carboxylic acids is 1. The molecule has 0 spiro atoms. The molecule has 0 saturated heterocycles. The minimum absolute atomic E-state index is 0.121. The zero-order valence-corrected chi connectivity index (χ0v) is 9.82. The Morgan fingerprint density at radius 1 is 1.59 bits per heavy atom. The number of nitrogens with zero attached hydrogens (tertiary/aromatic N) is 2. The zero-order valence-electron chi connectivity index (χ0n) is 9.82. The Labute approximate surface area is 99.3 Å². The van der Waals surface area contributed by atoms with Crippen molar-refractivity contribution in [3.8, 4) is 6.07 Å². The summed E-state index contributed by atoms with van der Waals surface area (Å²) >= 11 is 0. The number of ketones is 1. The van der Waals surface area contributed by atoms with E-state index in [1.54, 1.807) is 18.2 Å². The molecule has 2 rings (SSSR count). The normalized spacial score (nSPS) is 12.3. The highest BCUT2D eigenvalue weighted by atomic mass is 16.1. The third kappa shape index (κ3) is 2.04. The van der Waals surface area contributed by atoms with Crippen LogP contribution in [0.3, 0.4) is 0 Å². The maximum Gasteiger partial charge on any atom is 0.180 e. The topological polar surface area (TPSA) is 69.5 Å². The molecule has 2 aromatic rings. The number of aromatic amines is 1. The molecule has 4 heteroatoms. The van der Waals surface area contributed by atoms with Gasteiger partial charge >= 0.3 is 0 Å². The first-order valence-electron chi connectivity index (χ1n) is 5.56. The molecule has 1 aromatic heterocycles. The van der Waals surface area contributed by atoms with E-state index in [2.05, 4.69) is 9.97 Å². The summed E-state index contributed by atoms with van der Waals surface area (Å²) in [6.45, 7) is 3.70. The van der Waals surface area contributed by atoms with Gasteiger partial charge in [0.05, 0.1) is 17.1 Å². The lowest BCUT2D eigenvalue weighted by Crippen LogP contribution is -2.11. The molecule has 1 unspecified atom stereocenters. The Kier molecular flexibility index (Phi) is 2.92. The predicted octanol–water partition coefficient (Wildman–Crippen LogP) is 2.60. The van der Waals surface area contributed by atoms with Crippen molar-refractivity contribution in [2.75, 3.05) is 0 Å². The number of benzene rings is 1. The van der Waals surface area contributed by atoms with Crippen LogP contribution in [0.25, 0.3) is 11.0 Å². The second kappa shape index (κ2) is 4.38. The molecular weight excluding hydrogens is 214 g/mol. The van der Waals surface area contributed by atoms with Crippen LogP contribution in [-0.4, -0.2) is 15.8 Å². The average Bonchev–Trinajstić information content (AvgIpc) is 2.69. The highest BCUT2D eigenvalue weighted by Gasteiger charge is 2.18. The van der Waals surface area contributed by atoms with Gasteiger partial charge in [-0.2, -0.15) is 5.26 Å². The molecular formula is C13H13N3O. The number of carbonyl (C=O) groups is 1. The number of imidazole rings is 1. The van der Waals surface area contributed by atoms with Gasteiger partial charge < -0.3 is 4.98 Å². The molecule has 0 aliphatic heterocycles. The molecule has 1 aromatic carbocycles. The van der Waals surface area contributed by atoms with Crippen molar-refractivity contribution in [1.29, 1.82) is 5.26 Å². The monoisotopic (exact) mass is 227 g/mol. The van der Waals surface area contributed by atoms with E-state index in [1.807, 2.05) is 19.9 Å². The largest absolute Gasteiger partial charge is 0.342 e. The van der Waals surface area contributed by atoms with Gasteiger partial charge in [0.1, 0.15) is 11.7 Å². The first kappa shape index (κ1) is 11.3. The van der Waals surface area contributed by atoms with E-state index in [4.69, 9.17) is 5.26 Å². The van der Waals surface area contributed by atoms with E-state index in [0.29, 0.717) is 12.0 Å². The number of Topliss-reactive ketones (excluding diaryl/α,β-unsaturated/α-hetero) is 1. The number of hydrogen-bond acceptors (Lipinski definition) is 3. The summed E-state index contributed by atoms with van der Waals surface area (Å²) in [5.41, 5.74) is 2.24. The quantitative estimate of drug-likeness (QED) is 0.819. The Balaban J connectivity index is 2.43. The van der Waals surface area contributed by atoms with Crippen LogP contribution in [0.1, 0.15) is 29.5 Å². The standard InChI is InChI=1S/C13H13N3O/c1-3-9(7-14)13(17)10-4-5-11-12(6-10)16-8(2)15-11/h4-6,9H,3H2,1-2H3,(H,15,16). The number of fused-ring (bicyclic) bond motifs is 1. The van der Waals surface area contributed by atoms with E-state index in [1.165, 1.54) is 0 Å². The van der Waals surface area contributed by atoms with Gasteiger partial charge in [0.25, 0.3) is 0 Å². The van der Waals surface area contributed by atoms with Gasteiger partial charge in [-0.1, -0.05) is 6.92 Å². The van der Waals surface area contributed by atoms with E-state index in [-0.39, 0.29) is 5.78 Å². The minimum Gasteiger partial charge on any atom is -0.342 e. The summed E-state index contributed by atoms with van der Waals surface area (Å²) in [6.07, 6.45) is 0.537. The summed E-state index contributed by atoms with van der Waals surface area (Å²) in [5, 5.41) is 8.88. The number of hydrogen-bond donors (Lipinski definition) is 1. The van der Waals surface area contributed by atoms with E-state index >= 15 is 0 Å². The van der Waals surface area contributed by atoms with Gasteiger partial charge in [-0.05, 0) is 31.5 Å². The van der Waals surface area contributed by atoms with Crippen molar-refractivity contribution in [1.82, 2.24) is 9.97 Å². The fourth-order valence-corrected chi connectivity index (χ4v) is 1.83. The second-order valence-corrected chi connectivity index (χ2v) is 4.01. The molecule has 1 N–H and O–H groups in total. The Morgan fingerprint density at radius 3 is 3.00 bits per heavy atom. The van der Waals surface area contributed by atoms with Crippen molar-refractivity contribution < 1.29 is 4.79 Å². The zero-order chi connectivity index (χ0) is 12.4. The number of rotatable bonds is 3. The van der Waals surface area contributed by atoms with Crippen molar-refractivity contribution in [3.63, 3.8) is 0 Å². The molecule has 0 amide bonds. The number of aromatic nitrogens is 2. The number of H-pyrrole nitrogens is 1. The van der Waals surface area contributed by atoms with Crippen LogP contribution in [0.15, 0.2) is 18.2 Å². The summed E-state index contributed by atoms with van der Waals surface area (Å²) in [7, 11) is 0. The van der Waals surface area contributed by atoms with E-state index in [9.17, 15) is 4.79 Å². The average molecular weight is 227 g/mol. The molecule has 86 valence electrons. The van der Waals surface area contributed by atoms with Gasteiger partial charge in [-0.15, -0.1) is 0 Å². The maximum atomic E-state index is 12.0. The summed E-state index contributed by atoms with van der Waals surface area (Å²) in [4.78, 5) is 19.3. The predicted molar refractivity (Wildman–Crippen MR) is 64.6 cm³/mol. The van der Waals surface area contributed by atoms with Crippen molar-refractivity contribution in [3.05, 3.63) is 29.6 Å². The molecule has 0 aliphatic rings. The van der Waals surface area contributed by atoms with Gasteiger partial charge in [-0.25, -0.2) is 4.98 Å². The van der Waals surface area contributed by atoms with Crippen LogP contribution >= 0.6 is 0 Å². The van der Waals surface area contributed by atoms with Crippen LogP contribution in [0, 0.1) is 24.2 Å². The van der Waals surface area contributed by atoms with Crippen molar-refractivity contribution in [2.24, 2.45) is 5.92 Å². The number of aryl methyl sites for hydroxylation is 1. The molecule has 1 atom stereocenters. The van der Waals surface area contributed by atoms with E-state index in [0.717, 1.165) is 16.9 Å². The Morgan fingerprint density at radius 2 is 2.35 bits per heavy atom. The Hall–Kier alpha value is -2.15. The molecule has 0 saturated carbocycles. The first-order valence-corrected chi connectivity index (χ1v) is 5.56. The fourth-order valence-electron chi connectivity index (χ4n) is 1.83. The second-order valence-electron chi connectivity index (χ2n) is 4.01. The lowest BCUT2D eigenvalue weighted by molar-refractivity contribution is 0.0947. The fraction of sp³-hybridized carbons (Fsp3) is 0.308. The van der Waals surface area contributed by atoms with Gasteiger partial charge in [-0.3, -0.25) is 4.79 Å². The number of nitrogens with one attached hydrogen (secondary N) is 1. The molecule has 17 heavy (non-hydrogen) atoms. The maximum absolute atomic E-state index is 12.0. The third-order valence-electron chi connectivity index (χ3n) is 2.77. The van der Waals surface area contributed by atoms with Crippen LogP contribution in [0.4, 0.5) is 0 Å². The summed E-state index contributed by atoms with van der Waals surface area (Å²) < 4.78 is 0. The highest BCUT2D eigenvalue weighted by molar-refractivity contribution is 6.01. The summed E-state index contributed by atoms with van der Waals surface area (Å²) in [6, 6.07) is 7.32. The smallest absolute Gasteiger partial charge is 0.180 e. The van der Waals surface area contributed by atoms with Crippen molar-refractivity contribution in [2.45, 2.75) is 20.3 Å². The van der Waals surface area contributed by atoms with Crippen LogP contribution in [0.5, 0.6) is 0 Å². The molecule has 0 fully saturated rings. The van der Waals surface area contributed by atoms with Crippen molar-refractivity contribution >= 4 is 16.8 Å².